The lowest BCUT2D eigenvalue weighted by molar-refractivity contribution is -0.132. The smallest absolute Gasteiger partial charge is 0.419 e. The highest BCUT2D eigenvalue weighted by atomic mass is 16.6. The third kappa shape index (κ3) is 3.86. The van der Waals surface area contributed by atoms with E-state index in [-0.39, 0.29) is 12.1 Å². The van der Waals surface area contributed by atoms with Crippen LogP contribution in [0.5, 0.6) is 0 Å². The summed E-state index contributed by atoms with van der Waals surface area (Å²) in [5, 5.41) is 9.38. The summed E-state index contributed by atoms with van der Waals surface area (Å²) in [5.74, 6) is 2.03. The largest absolute Gasteiger partial charge is 0.465 e. The standard InChI is InChI=1S/C19H31NO4/c1-2-3-4-5-6-7-20(17(21)22)18(23)24-19-11-14-8-15(12-19)10-16(9-14)13-19/h14-16H,2-13H2,1H3,(H,21,22). The van der Waals surface area contributed by atoms with E-state index in [1.165, 1.54) is 19.3 Å². The maximum Gasteiger partial charge on any atom is 0.419 e. The molecule has 4 aliphatic carbocycles. The summed E-state index contributed by atoms with van der Waals surface area (Å²) in [6, 6.07) is 0. The zero-order chi connectivity index (χ0) is 17.2. The third-order valence-electron chi connectivity index (χ3n) is 6.22. The molecule has 4 fully saturated rings. The molecule has 4 aliphatic rings. The number of hydrogen-bond donors (Lipinski definition) is 1. The van der Waals surface area contributed by atoms with Gasteiger partial charge in [-0.05, 0) is 62.7 Å². The Balaban J connectivity index is 1.54. The molecule has 0 spiro atoms. The quantitative estimate of drug-likeness (QED) is 0.661. The summed E-state index contributed by atoms with van der Waals surface area (Å²) in [6.07, 6.45) is 9.91. The van der Waals surface area contributed by atoms with Crippen LogP contribution in [-0.2, 0) is 4.74 Å². The lowest BCUT2D eigenvalue weighted by Crippen LogP contribution is -2.54. The van der Waals surface area contributed by atoms with Gasteiger partial charge >= 0.3 is 12.2 Å². The molecule has 136 valence electrons. The first-order chi connectivity index (χ1) is 11.5. The van der Waals surface area contributed by atoms with E-state index >= 15 is 0 Å². The normalized spacial score (nSPS) is 33.5. The van der Waals surface area contributed by atoms with E-state index in [0.717, 1.165) is 56.3 Å². The minimum Gasteiger partial charge on any atom is -0.465 e. The average Bonchev–Trinajstić information content (AvgIpc) is 2.48. The summed E-state index contributed by atoms with van der Waals surface area (Å²) in [5.41, 5.74) is -0.373. The van der Waals surface area contributed by atoms with Crippen molar-refractivity contribution in [3.8, 4) is 0 Å². The lowest BCUT2D eigenvalue weighted by atomic mass is 9.54. The molecule has 4 saturated carbocycles. The van der Waals surface area contributed by atoms with Crippen LogP contribution < -0.4 is 0 Å². The number of carbonyl (C=O) groups excluding carboxylic acids is 1. The monoisotopic (exact) mass is 337 g/mol. The van der Waals surface area contributed by atoms with E-state index in [2.05, 4.69) is 6.92 Å². The number of imide groups is 1. The summed E-state index contributed by atoms with van der Waals surface area (Å²) >= 11 is 0. The maximum absolute atomic E-state index is 12.5. The van der Waals surface area contributed by atoms with Crippen LogP contribution in [0.3, 0.4) is 0 Å². The van der Waals surface area contributed by atoms with Gasteiger partial charge in [-0.2, -0.15) is 0 Å². The van der Waals surface area contributed by atoms with E-state index in [1.54, 1.807) is 0 Å². The SMILES string of the molecule is CCCCCCCN(C(=O)O)C(=O)OC12CC3CC(CC(C3)C1)C2. The van der Waals surface area contributed by atoms with Crippen molar-refractivity contribution in [3.63, 3.8) is 0 Å². The molecule has 2 amide bonds. The predicted octanol–water partition coefficient (Wildman–Crippen LogP) is 5.04. The van der Waals surface area contributed by atoms with Gasteiger partial charge in [-0.25, -0.2) is 14.5 Å². The molecular formula is C19H31NO4. The number of carboxylic acid groups (broad SMARTS) is 1. The molecule has 0 aromatic heterocycles. The first kappa shape index (κ1) is 17.6. The second-order valence-electron chi connectivity index (χ2n) is 8.32. The molecule has 4 bridgehead atoms. The van der Waals surface area contributed by atoms with E-state index < -0.39 is 12.2 Å². The molecule has 1 N–H and O–H groups in total. The predicted molar refractivity (Wildman–Crippen MR) is 90.9 cm³/mol. The zero-order valence-electron chi connectivity index (χ0n) is 14.8. The van der Waals surface area contributed by atoms with Crippen molar-refractivity contribution < 1.29 is 19.4 Å². The van der Waals surface area contributed by atoms with Gasteiger partial charge in [0.1, 0.15) is 5.60 Å². The van der Waals surface area contributed by atoms with Crippen LogP contribution in [0.25, 0.3) is 0 Å². The summed E-state index contributed by atoms with van der Waals surface area (Å²) in [6.45, 7) is 2.40. The molecule has 0 radical (unpaired) electrons. The van der Waals surface area contributed by atoms with Crippen molar-refractivity contribution >= 4 is 12.2 Å². The molecule has 0 aromatic rings. The Morgan fingerprint density at radius 3 is 2.04 bits per heavy atom. The van der Waals surface area contributed by atoms with Crippen molar-refractivity contribution in [2.75, 3.05) is 6.54 Å². The molecule has 5 heteroatoms. The molecule has 0 saturated heterocycles. The van der Waals surface area contributed by atoms with Gasteiger partial charge < -0.3 is 9.84 Å². The van der Waals surface area contributed by atoms with Gasteiger partial charge in [-0.15, -0.1) is 0 Å². The fourth-order valence-corrected chi connectivity index (χ4v) is 5.53. The number of hydrogen-bond acceptors (Lipinski definition) is 3. The van der Waals surface area contributed by atoms with E-state index in [0.29, 0.717) is 17.8 Å². The molecule has 5 nitrogen and oxygen atoms in total. The highest BCUT2D eigenvalue weighted by Crippen LogP contribution is 2.57. The second kappa shape index (κ2) is 7.32. The number of amides is 2. The van der Waals surface area contributed by atoms with Crippen molar-refractivity contribution in [3.05, 3.63) is 0 Å². The number of unbranched alkanes of at least 4 members (excludes halogenated alkanes) is 4. The van der Waals surface area contributed by atoms with Crippen LogP contribution in [-0.4, -0.2) is 34.3 Å². The molecule has 0 heterocycles. The van der Waals surface area contributed by atoms with E-state index in [1.807, 2.05) is 0 Å². The topological polar surface area (TPSA) is 66.8 Å². The van der Waals surface area contributed by atoms with Gasteiger partial charge in [0.25, 0.3) is 0 Å². The van der Waals surface area contributed by atoms with Gasteiger partial charge in [0, 0.05) is 6.54 Å². The van der Waals surface area contributed by atoms with Crippen LogP contribution in [0, 0.1) is 17.8 Å². The van der Waals surface area contributed by atoms with Crippen LogP contribution in [0.15, 0.2) is 0 Å². The number of nitrogens with zero attached hydrogens (tertiary/aromatic N) is 1. The van der Waals surface area contributed by atoms with Gasteiger partial charge in [0.2, 0.25) is 0 Å². The van der Waals surface area contributed by atoms with Crippen molar-refractivity contribution in [2.45, 2.75) is 83.2 Å². The fraction of sp³-hybridized carbons (Fsp3) is 0.895. The van der Waals surface area contributed by atoms with Crippen LogP contribution in [0.1, 0.15) is 77.6 Å². The number of ether oxygens (including phenoxy) is 1. The molecule has 0 aliphatic heterocycles. The Morgan fingerprint density at radius 2 is 1.54 bits per heavy atom. The Labute approximate surface area is 144 Å². The molecule has 24 heavy (non-hydrogen) atoms. The molecule has 4 rings (SSSR count). The maximum atomic E-state index is 12.5. The molecule has 0 aromatic carbocycles. The van der Waals surface area contributed by atoms with Crippen molar-refractivity contribution in [2.24, 2.45) is 17.8 Å². The van der Waals surface area contributed by atoms with Gasteiger partial charge in [-0.1, -0.05) is 32.6 Å². The van der Waals surface area contributed by atoms with Crippen LogP contribution >= 0.6 is 0 Å². The minimum atomic E-state index is -1.18. The summed E-state index contributed by atoms with van der Waals surface area (Å²) in [7, 11) is 0. The first-order valence-corrected chi connectivity index (χ1v) is 9.75. The van der Waals surface area contributed by atoms with E-state index in [9.17, 15) is 14.7 Å². The van der Waals surface area contributed by atoms with Gasteiger partial charge in [0.05, 0.1) is 0 Å². The molecule has 0 unspecified atom stereocenters. The van der Waals surface area contributed by atoms with E-state index in [4.69, 9.17) is 4.74 Å². The van der Waals surface area contributed by atoms with Crippen molar-refractivity contribution in [1.29, 1.82) is 0 Å². The van der Waals surface area contributed by atoms with Crippen LogP contribution in [0.2, 0.25) is 0 Å². The third-order valence-corrected chi connectivity index (χ3v) is 6.22. The van der Waals surface area contributed by atoms with Gasteiger partial charge in [0.15, 0.2) is 0 Å². The zero-order valence-corrected chi connectivity index (χ0v) is 14.8. The average molecular weight is 337 g/mol. The van der Waals surface area contributed by atoms with Crippen molar-refractivity contribution in [1.82, 2.24) is 4.90 Å². The second-order valence-corrected chi connectivity index (χ2v) is 8.32. The highest BCUT2D eigenvalue weighted by Gasteiger charge is 2.53. The first-order valence-electron chi connectivity index (χ1n) is 9.75. The molecule has 0 atom stereocenters. The summed E-state index contributed by atoms with van der Waals surface area (Å²) in [4.78, 5) is 24.9. The Morgan fingerprint density at radius 1 is 1.00 bits per heavy atom. The Bertz CT molecular complexity index is 441. The Hall–Kier alpha value is -1.26. The van der Waals surface area contributed by atoms with Crippen LogP contribution in [0.4, 0.5) is 9.59 Å². The Kier molecular flexibility index (Phi) is 5.36. The van der Waals surface area contributed by atoms with Gasteiger partial charge in [-0.3, -0.25) is 0 Å². The lowest BCUT2D eigenvalue weighted by Gasteiger charge is -2.55. The fourth-order valence-electron chi connectivity index (χ4n) is 5.53. The summed E-state index contributed by atoms with van der Waals surface area (Å²) < 4.78 is 5.86. The number of rotatable bonds is 7. The molecular weight excluding hydrogens is 306 g/mol. The minimum absolute atomic E-state index is 0.254. The number of carbonyl (C=O) groups is 2. The highest BCUT2D eigenvalue weighted by molar-refractivity contribution is 5.86.